The molecule has 0 bridgehead atoms. The first-order valence-electron chi connectivity index (χ1n) is 7.41. The molecule has 0 amide bonds. The summed E-state index contributed by atoms with van der Waals surface area (Å²) >= 11 is 5.91. The number of nitrogens with zero attached hydrogens (tertiary/aromatic N) is 3. The summed E-state index contributed by atoms with van der Waals surface area (Å²) in [6.07, 6.45) is 6.95. The third-order valence-corrected chi connectivity index (χ3v) is 4.88. The van der Waals surface area contributed by atoms with E-state index in [-0.39, 0.29) is 0 Å². The van der Waals surface area contributed by atoms with Crippen LogP contribution < -0.4 is 4.90 Å². The molecule has 2 atom stereocenters. The average Bonchev–Trinajstić information content (AvgIpc) is 2.46. The number of hydrogen-bond acceptors (Lipinski definition) is 3. The Hall–Kier alpha value is -0.830. The van der Waals surface area contributed by atoms with E-state index in [4.69, 9.17) is 11.6 Å². The van der Waals surface area contributed by atoms with Gasteiger partial charge in [-0.3, -0.25) is 0 Å². The van der Waals surface area contributed by atoms with Crippen molar-refractivity contribution in [3.05, 3.63) is 17.5 Å². The summed E-state index contributed by atoms with van der Waals surface area (Å²) in [6, 6.07) is 1.98. The molecule has 3 nitrogen and oxygen atoms in total. The summed E-state index contributed by atoms with van der Waals surface area (Å²) in [7, 11) is 0. The third-order valence-electron chi connectivity index (χ3n) is 4.61. The summed E-state index contributed by atoms with van der Waals surface area (Å²) < 4.78 is 0. The number of alkyl halides is 1. The van der Waals surface area contributed by atoms with Gasteiger partial charge in [0.25, 0.3) is 0 Å². The molecule has 0 radical (unpaired) electrons. The number of aromatic nitrogens is 2. The zero-order valence-corrected chi connectivity index (χ0v) is 12.4. The van der Waals surface area contributed by atoms with E-state index < -0.39 is 0 Å². The normalized spacial score (nSPS) is 27.2. The number of rotatable bonds is 2. The number of anilines is 1. The maximum atomic E-state index is 5.91. The molecular formula is C15H22ClN3. The van der Waals surface area contributed by atoms with Crippen LogP contribution in [0.1, 0.15) is 43.5 Å². The molecule has 104 valence electrons. The Bertz CT molecular complexity index is 449. The molecule has 2 unspecified atom stereocenters. The lowest BCUT2D eigenvalue weighted by molar-refractivity contribution is 0.201. The van der Waals surface area contributed by atoms with Gasteiger partial charge in [0.15, 0.2) is 0 Å². The first-order valence-corrected chi connectivity index (χ1v) is 7.95. The molecule has 1 aliphatic carbocycles. The van der Waals surface area contributed by atoms with Gasteiger partial charge in [-0.05, 0) is 37.7 Å². The summed E-state index contributed by atoms with van der Waals surface area (Å²) in [5, 5.41) is 0. The van der Waals surface area contributed by atoms with Crippen LogP contribution in [0.3, 0.4) is 0 Å². The highest BCUT2D eigenvalue weighted by atomic mass is 35.5. The molecule has 19 heavy (non-hydrogen) atoms. The number of piperidine rings is 1. The van der Waals surface area contributed by atoms with Gasteiger partial charge in [-0.2, -0.15) is 0 Å². The van der Waals surface area contributed by atoms with Crippen molar-refractivity contribution >= 4 is 17.5 Å². The molecule has 0 N–H and O–H groups in total. The van der Waals surface area contributed by atoms with E-state index >= 15 is 0 Å². The lowest BCUT2D eigenvalue weighted by Gasteiger charge is -2.41. The van der Waals surface area contributed by atoms with Crippen LogP contribution in [0, 0.1) is 18.8 Å². The fourth-order valence-electron chi connectivity index (χ4n) is 3.61. The Morgan fingerprint density at radius 2 is 2.00 bits per heavy atom. The van der Waals surface area contributed by atoms with Crippen molar-refractivity contribution in [3.63, 3.8) is 0 Å². The lowest BCUT2D eigenvalue weighted by atomic mass is 9.75. The largest absolute Gasteiger partial charge is 0.341 e. The second kappa shape index (κ2) is 5.66. The topological polar surface area (TPSA) is 29.0 Å². The van der Waals surface area contributed by atoms with Gasteiger partial charge in [-0.15, -0.1) is 11.6 Å². The first-order chi connectivity index (χ1) is 9.26. The Balaban J connectivity index is 1.77. The molecule has 4 heteroatoms. The number of halogens is 1. The Kier molecular flexibility index (Phi) is 3.92. The van der Waals surface area contributed by atoms with Gasteiger partial charge in [0.1, 0.15) is 0 Å². The van der Waals surface area contributed by atoms with Gasteiger partial charge < -0.3 is 4.90 Å². The minimum atomic E-state index is 0.469. The molecule has 0 aromatic carbocycles. The van der Waals surface area contributed by atoms with Crippen LogP contribution in [0.4, 0.5) is 5.95 Å². The second-order valence-electron chi connectivity index (χ2n) is 5.97. The number of aryl methyl sites for hydroxylation is 1. The van der Waals surface area contributed by atoms with E-state index in [1.165, 1.54) is 32.1 Å². The van der Waals surface area contributed by atoms with E-state index in [0.29, 0.717) is 5.88 Å². The zero-order chi connectivity index (χ0) is 13.2. The molecule has 3 rings (SSSR count). The molecule has 1 saturated carbocycles. The van der Waals surface area contributed by atoms with Gasteiger partial charge in [0, 0.05) is 18.8 Å². The van der Waals surface area contributed by atoms with E-state index in [0.717, 1.165) is 42.3 Å². The number of hydrogen-bond donors (Lipinski definition) is 0. The zero-order valence-electron chi connectivity index (χ0n) is 11.6. The van der Waals surface area contributed by atoms with Crippen LogP contribution in [-0.2, 0) is 5.88 Å². The molecule has 2 heterocycles. The maximum Gasteiger partial charge on any atom is 0.225 e. The third kappa shape index (κ3) is 2.86. The van der Waals surface area contributed by atoms with Crippen molar-refractivity contribution < 1.29 is 0 Å². The maximum absolute atomic E-state index is 5.91. The van der Waals surface area contributed by atoms with Crippen molar-refractivity contribution in [2.75, 3.05) is 18.0 Å². The minimum absolute atomic E-state index is 0.469. The van der Waals surface area contributed by atoms with Crippen LogP contribution in [-0.4, -0.2) is 23.1 Å². The van der Waals surface area contributed by atoms with Crippen molar-refractivity contribution in [1.82, 2.24) is 9.97 Å². The molecule has 1 saturated heterocycles. The molecule has 1 aromatic rings. The van der Waals surface area contributed by atoms with E-state index in [9.17, 15) is 0 Å². The van der Waals surface area contributed by atoms with Crippen LogP contribution in [0.5, 0.6) is 0 Å². The Labute approximate surface area is 120 Å². The molecule has 0 spiro atoms. The predicted molar refractivity (Wildman–Crippen MR) is 78.6 cm³/mol. The van der Waals surface area contributed by atoms with Gasteiger partial charge in [-0.1, -0.05) is 19.3 Å². The Morgan fingerprint density at radius 1 is 1.21 bits per heavy atom. The smallest absolute Gasteiger partial charge is 0.225 e. The van der Waals surface area contributed by atoms with Crippen LogP contribution >= 0.6 is 11.6 Å². The minimum Gasteiger partial charge on any atom is -0.341 e. The molecule has 2 aliphatic rings. The summed E-state index contributed by atoms with van der Waals surface area (Å²) in [5.41, 5.74) is 1.96. The highest BCUT2D eigenvalue weighted by molar-refractivity contribution is 6.16. The summed E-state index contributed by atoms with van der Waals surface area (Å²) in [6.45, 7) is 4.26. The molecule has 2 fully saturated rings. The quantitative estimate of drug-likeness (QED) is 0.776. The van der Waals surface area contributed by atoms with Gasteiger partial charge in [-0.25, -0.2) is 9.97 Å². The summed E-state index contributed by atoms with van der Waals surface area (Å²) in [4.78, 5) is 11.6. The fourth-order valence-corrected chi connectivity index (χ4v) is 3.75. The average molecular weight is 280 g/mol. The summed E-state index contributed by atoms with van der Waals surface area (Å²) in [5.74, 6) is 3.16. The van der Waals surface area contributed by atoms with Crippen molar-refractivity contribution in [1.29, 1.82) is 0 Å². The van der Waals surface area contributed by atoms with Crippen LogP contribution in [0.15, 0.2) is 6.07 Å². The lowest BCUT2D eigenvalue weighted by Crippen LogP contribution is -2.42. The molecule has 1 aromatic heterocycles. The highest BCUT2D eigenvalue weighted by Crippen LogP contribution is 2.36. The van der Waals surface area contributed by atoms with Gasteiger partial charge in [0.2, 0.25) is 5.95 Å². The van der Waals surface area contributed by atoms with Crippen LogP contribution in [0.2, 0.25) is 0 Å². The van der Waals surface area contributed by atoms with E-state index in [2.05, 4.69) is 14.9 Å². The van der Waals surface area contributed by atoms with E-state index in [1.807, 2.05) is 13.0 Å². The molecule has 1 aliphatic heterocycles. The van der Waals surface area contributed by atoms with Crippen molar-refractivity contribution in [3.8, 4) is 0 Å². The fraction of sp³-hybridized carbons (Fsp3) is 0.733. The van der Waals surface area contributed by atoms with Gasteiger partial charge >= 0.3 is 0 Å². The molecular weight excluding hydrogens is 258 g/mol. The highest BCUT2D eigenvalue weighted by Gasteiger charge is 2.32. The van der Waals surface area contributed by atoms with Crippen molar-refractivity contribution in [2.24, 2.45) is 11.8 Å². The SMILES string of the molecule is Cc1cc(CCl)nc(N2CCC3CCCCC3C2)n1. The van der Waals surface area contributed by atoms with Gasteiger partial charge in [0.05, 0.1) is 11.6 Å². The predicted octanol–water partition coefficient (Wildman–Crippen LogP) is 3.54. The van der Waals surface area contributed by atoms with E-state index in [1.54, 1.807) is 0 Å². The van der Waals surface area contributed by atoms with Crippen molar-refractivity contribution in [2.45, 2.75) is 44.9 Å². The Morgan fingerprint density at radius 3 is 2.79 bits per heavy atom. The second-order valence-corrected chi connectivity index (χ2v) is 6.24. The monoisotopic (exact) mass is 279 g/mol. The standard InChI is InChI=1S/C15H22ClN3/c1-11-8-14(9-16)18-15(17-11)19-7-6-12-4-2-3-5-13(12)10-19/h8,12-13H,2-7,9-10H2,1H3. The first kappa shape index (κ1) is 13.2. The van der Waals surface area contributed by atoms with Crippen LogP contribution in [0.25, 0.3) is 0 Å². The number of fused-ring (bicyclic) bond motifs is 1.